The minimum Gasteiger partial charge on any atom is -0.460 e. The van der Waals surface area contributed by atoms with Gasteiger partial charge >= 0.3 is 12.1 Å². The molecule has 1 aromatic heterocycles. The van der Waals surface area contributed by atoms with Gasteiger partial charge in [0.15, 0.2) is 0 Å². The molecule has 0 aromatic carbocycles. The molecular formula is C16H25N3O4. The first-order valence-electron chi connectivity index (χ1n) is 7.90. The summed E-state index contributed by atoms with van der Waals surface area (Å²) in [5, 5.41) is 9.54. The molecule has 7 heteroatoms. The summed E-state index contributed by atoms with van der Waals surface area (Å²) in [7, 11) is 0. The predicted molar refractivity (Wildman–Crippen MR) is 84.1 cm³/mol. The van der Waals surface area contributed by atoms with Crippen molar-refractivity contribution in [3.05, 3.63) is 18.0 Å². The molecule has 1 N–H and O–H groups in total. The summed E-state index contributed by atoms with van der Waals surface area (Å²) in [6.07, 6.45) is 1.97. The number of hydrogen-bond acceptors (Lipinski definition) is 6. The molecule has 0 unspecified atom stereocenters. The molecule has 128 valence electrons. The molecule has 7 nitrogen and oxygen atoms in total. The SMILES string of the molecule is C[C@@H](O)c1ccnc(OC2CCN(C(=O)OC(C)(C)C)CC2)n1. The summed E-state index contributed by atoms with van der Waals surface area (Å²) in [6, 6.07) is 1.92. The lowest BCUT2D eigenvalue weighted by Crippen LogP contribution is -2.44. The van der Waals surface area contributed by atoms with E-state index < -0.39 is 11.7 Å². The van der Waals surface area contributed by atoms with Crippen molar-refractivity contribution in [3.8, 4) is 6.01 Å². The minimum atomic E-state index is -0.658. The van der Waals surface area contributed by atoms with E-state index >= 15 is 0 Å². The number of amides is 1. The zero-order valence-corrected chi connectivity index (χ0v) is 14.2. The number of ether oxygens (including phenoxy) is 2. The Kier molecular flexibility index (Phi) is 5.41. The fraction of sp³-hybridized carbons (Fsp3) is 0.688. The first-order valence-corrected chi connectivity index (χ1v) is 7.90. The highest BCUT2D eigenvalue weighted by molar-refractivity contribution is 5.68. The van der Waals surface area contributed by atoms with Gasteiger partial charge in [-0.1, -0.05) is 0 Å². The highest BCUT2D eigenvalue weighted by atomic mass is 16.6. The molecule has 0 radical (unpaired) electrons. The number of likely N-dealkylation sites (tertiary alicyclic amines) is 1. The number of hydrogen-bond donors (Lipinski definition) is 1. The third-order valence-electron chi connectivity index (χ3n) is 3.45. The van der Waals surface area contributed by atoms with Gasteiger partial charge in [-0.3, -0.25) is 0 Å². The highest BCUT2D eigenvalue weighted by Crippen LogP contribution is 2.19. The van der Waals surface area contributed by atoms with Crippen molar-refractivity contribution in [2.75, 3.05) is 13.1 Å². The number of aromatic nitrogens is 2. The Balaban J connectivity index is 1.85. The van der Waals surface area contributed by atoms with Crippen molar-refractivity contribution in [3.63, 3.8) is 0 Å². The molecule has 1 amide bonds. The van der Waals surface area contributed by atoms with Gasteiger partial charge in [0.05, 0.1) is 11.8 Å². The molecule has 0 aliphatic carbocycles. The van der Waals surface area contributed by atoms with Crippen LogP contribution in [0.3, 0.4) is 0 Å². The number of aliphatic hydroxyl groups is 1. The molecular weight excluding hydrogens is 298 g/mol. The van der Waals surface area contributed by atoms with Gasteiger partial charge < -0.3 is 19.5 Å². The standard InChI is InChI=1S/C16H25N3O4/c1-11(20)13-5-8-17-14(18-13)22-12-6-9-19(10-7-12)15(21)23-16(2,3)4/h5,8,11-12,20H,6-7,9-10H2,1-4H3/t11-/m1/s1. The molecule has 1 fully saturated rings. The number of nitrogens with zero attached hydrogens (tertiary/aromatic N) is 3. The molecule has 0 spiro atoms. The summed E-state index contributed by atoms with van der Waals surface area (Å²) in [4.78, 5) is 22.0. The van der Waals surface area contributed by atoms with Crippen LogP contribution in [0.25, 0.3) is 0 Å². The van der Waals surface area contributed by atoms with E-state index in [1.165, 1.54) is 0 Å². The minimum absolute atomic E-state index is 0.0436. The molecule has 1 saturated heterocycles. The lowest BCUT2D eigenvalue weighted by atomic mass is 10.1. The Labute approximate surface area is 136 Å². The van der Waals surface area contributed by atoms with Crippen LogP contribution in [0, 0.1) is 0 Å². The van der Waals surface area contributed by atoms with Crippen molar-refractivity contribution in [1.29, 1.82) is 0 Å². The number of rotatable bonds is 3. The van der Waals surface area contributed by atoms with E-state index in [2.05, 4.69) is 9.97 Å². The van der Waals surface area contributed by atoms with Gasteiger partial charge in [-0.05, 0) is 33.8 Å². The lowest BCUT2D eigenvalue weighted by molar-refractivity contribution is 0.0118. The first-order chi connectivity index (χ1) is 10.7. The van der Waals surface area contributed by atoms with E-state index in [9.17, 15) is 9.90 Å². The van der Waals surface area contributed by atoms with E-state index in [0.29, 0.717) is 31.6 Å². The van der Waals surface area contributed by atoms with Crippen LogP contribution < -0.4 is 4.74 Å². The fourth-order valence-corrected chi connectivity index (χ4v) is 2.28. The van der Waals surface area contributed by atoms with E-state index in [-0.39, 0.29) is 18.2 Å². The largest absolute Gasteiger partial charge is 0.460 e. The van der Waals surface area contributed by atoms with Crippen molar-refractivity contribution in [2.45, 2.75) is 58.3 Å². The van der Waals surface area contributed by atoms with Crippen LogP contribution in [-0.2, 0) is 4.74 Å². The Bertz CT molecular complexity index is 534. The monoisotopic (exact) mass is 323 g/mol. The third kappa shape index (κ3) is 5.35. The van der Waals surface area contributed by atoms with Crippen molar-refractivity contribution in [1.82, 2.24) is 14.9 Å². The molecule has 1 aliphatic rings. The maximum absolute atomic E-state index is 12.0. The smallest absolute Gasteiger partial charge is 0.410 e. The zero-order chi connectivity index (χ0) is 17.0. The van der Waals surface area contributed by atoms with E-state index in [1.54, 1.807) is 24.1 Å². The Morgan fingerprint density at radius 1 is 1.39 bits per heavy atom. The second kappa shape index (κ2) is 7.12. The zero-order valence-electron chi connectivity index (χ0n) is 14.2. The van der Waals surface area contributed by atoms with Gasteiger partial charge in [-0.25, -0.2) is 9.78 Å². The van der Waals surface area contributed by atoms with Crippen molar-refractivity contribution in [2.24, 2.45) is 0 Å². The summed E-state index contributed by atoms with van der Waals surface area (Å²) >= 11 is 0. The Morgan fingerprint density at radius 3 is 2.61 bits per heavy atom. The molecule has 23 heavy (non-hydrogen) atoms. The molecule has 2 rings (SSSR count). The second-order valence-corrected chi connectivity index (χ2v) is 6.72. The van der Waals surface area contributed by atoms with Crippen LogP contribution >= 0.6 is 0 Å². The molecule has 0 bridgehead atoms. The summed E-state index contributed by atoms with van der Waals surface area (Å²) in [6.45, 7) is 8.37. The molecule has 2 heterocycles. The molecule has 1 aromatic rings. The van der Waals surface area contributed by atoms with Gasteiger partial charge in [0.1, 0.15) is 11.7 Å². The van der Waals surface area contributed by atoms with Gasteiger partial charge in [-0.15, -0.1) is 0 Å². The topological polar surface area (TPSA) is 84.8 Å². The maximum atomic E-state index is 12.0. The van der Waals surface area contributed by atoms with Crippen molar-refractivity contribution >= 4 is 6.09 Å². The number of carbonyl (C=O) groups excluding carboxylic acids is 1. The number of carbonyl (C=O) groups is 1. The Morgan fingerprint density at radius 2 is 2.04 bits per heavy atom. The molecule has 0 saturated carbocycles. The molecule has 1 aliphatic heterocycles. The van der Waals surface area contributed by atoms with Crippen LogP contribution in [0.5, 0.6) is 6.01 Å². The third-order valence-corrected chi connectivity index (χ3v) is 3.45. The van der Waals surface area contributed by atoms with E-state index in [1.807, 2.05) is 20.8 Å². The van der Waals surface area contributed by atoms with Crippen LogP contribution in [-0.4, -0.2) is 50.9 Å². The first kappa shape index (κ1) is 17.5. The maximum Gasteiger partial charge on any atom is 0.410 e. The van der Waals surface area contributed by atoms with Gasteiger partial charge in [0.2, 0.25) is 0 Å². The van der Waals surface area contributed by atoms with Crippen molar-refractivity contribution < 1.29 is 19.4 Å². The average molecular weight is 323 g/mol. The van der Waals surface area contributed by atoms with Crippen LogP contribution in [0.1, 0.15) is 52.3 Å². The average Bonchev–Trinajstić information content (AvgIpc) is 2.46. The van der Waals surface area contributed by atoms with E-state index in [4.69, 9.17) is 9.47 Å². The van der Waals surface area contributed by atoms with E-state index in [0.717, 1.165) is 0 Å². The predicted octanol–water partition coefficient (Wildman–Crippen LogP) is 2.31. The summed E-state index contributed by atoms with van der Waals surface area (Å²) in [5.74, 6) is 0. The lowest BCUT2D eigenvalue weighted by Gasteiger charge is -2.33. The quantitative estimate of drug-likeness (QED) is 0.919. The number of piperidine rings is 1. The van der Waals surface area contributed by atoms with Crippen LogP contribution in [0.4, 0.5) is 4.79 Å². The van der Waals surface area contributed by atoms with Gasteiger partial charge in [0, 0.05) is 32.1 Å². The van der Waals surface area contributed by atoms with Crippen LogP contribution in [0.2, 0.25) is 0 Å². The van der Waals surface area contributed by atoms with Crippen LogP contribution in [0.15, 0.2) is 12.3 Å². The summed E-state index contributed by atoms with van der Waals surface area (Å²) < 4.78 is 11.1. The van der Waals surface area contributed by atoms with Gasteiger partial charge in [0.25, 0.3) is 0 Å². The number of aliphatic hydroxyl groups excluding tert-OH is 1. The summed E-state index contributed by atoms with van der Waals surface area (Å²) in [5.41, 5.74) is 0.0425. The molecule has 1 atom stereocenters. The second-order valence-electron chi connectivity index (χ2n) is 6.72. The Hall–Kier alpha value is -1.89. The fourth-order valence-electron chi connectivity index (χ4n) is 2.28. The van der Waals surface area contributed by atoms with Gasteiger partial charge in [-0.2, -0.15) is 4.98 Å². The normalized spacial score (nSPS) is 17.7. The highest BCUT2D eigenvalue weighted by Gasteiger charge is 2.28.